The Morgan fingerprint density at radius 2 is 1.00 bits per heavy atom. The maximum atomic E-state index is 0. The molecule has 0 radical (unpaired) electrons. The van der Waals surface area contributed by atoms with Crippen LogP contribution in [0.3, 0.4) is 0 Å². The van der Waals surface area contributed by atoms with Gasteiger partial charge in [0.25, 0.3) is 0 Å². The minimum atomic E-state index is 0. The first-order valence-electron chi connectivity index (χ1n) is 0. The van der Waals surface area contributed by atoms with Gasteiger partial charge in [-0.05, 0) is 0 Å². The van der Waals surface area contributed by atoms with Crippen LogP contribution in [0.5, 0.6) is 0 Å². The minimum absolute atomic E-state index is 0. The molecule has 0 saturated carbocycles. The van der Waals surface area contributed by atoms with Gasteiger partial charge in [0.2, 0.25) is 0 Å². The molecule has 0 atom stereocenters. The average molecular weight is 401 g/mol. The molecule has 4 heavy (non-hydrogen) atoms. The summed E-state index contributed by atoms with van der Waals surface area (Å²) in [6, 6.07) is 0. The van der Waals surface area contributed by atoms with Crippen molar-refractivity contribution in [2.45, 2.75) is 0 Å². The van der Waals surface area contributed by atoms with Crippen molar-refractivity contribution in [2.75, 3.05) is 0 Å². The van der Waals surface area contributed by atoms with E-state index in [2.05, 4.69) is 0 Å². The first kappa shape index (κ1) is 32.3. The molecule has 0 fully saturated rings. The summed E-state index contributed by atoms with van der Waals surface area (Å²) in [6.45, 7) is 0. The predicted octanol–water partition coefficient (Wildman–Crippen LogP) is -1.08. The maximum absolute atomic E-state index is 0. The van der Waals surface area contributed by atoms with E-state index in [4.69, 9.17) is 0 Å². The van der Waals surface area contributed by atoms with Crippen LogP contribution < -0.4 is 0 Å². The molecule has 0 spiro atoms. The first-order valence-corrected chi connectivity index (χ1v) is 0. The zero-order valence-corrected chi connectivity index (χ0v) is 11.4. The van der Waals surface area contributed by atoms with E-state index in [1.54, 1.807) is 0 Å². The Morgan fingerprint density at radius 1 is 1.00 bits per heavy atom. The molecule has 0 nitrogen and oxygen atoms in total. The molecular weight excluding hydrogens is 396 g/mol. The van der Waals surface area contributed by atoms with Crippen molar-refractivity contribution in [1.29, 1.82) is 0 Å². The Balaban J connectivity index is 0. The Hall–Kier alpha value is 2.41. The molecule has 0 amide bonds. The third-order valence-corrected chi connectivity index (χ3v) is 0. The van der Waals surface area contributed by atoms with Gasteiger partial charge in [-0.15, -0.1) is 0 Å². The van der Waals surface area contributed by atoms with Crippen LogP contribution in [-0.4, -0.2) is 26.2 Å². The molecule has 0 saturated heterocycles. The summed E-state index contributed by atoms with van der Waals surface area (Å²) < 4.78 is 0. The molecule has 0 aliphatic rings. The van der Waals surface area contributed by atoms with Crippen LogP contribution in [0.4, 0.5) is 0 Å². The fourth-order valence-corrected chi connectivity index (χ4v) is 0. The Kier molecular flexibility index (Phi) is 146. The summed E-state index contributed by atoms with van der Waals surface area (Å²) in [6.07, 6.45) is 0. The molecule has 4 heteroatoms. The summed E-state index contributed by atoms with van der Waals surface area (Å²) >= 11 is 0. The number of rotatable bonds is 0. The van der Waals surface area contributed by atoms with Crippen molar-refractivity contribution in [2.24, 2.45) is 0 Å². The molecule has 0 aromatic heterocycles. The topological polar surface area (TPSA) is 0 Å². The van der Waals surface area contributed by atoms with Gasteiger partial charge in [-0.3, -0.25) is 0 Å². The van der Waals surface area contributed by atoms with E-state index in [0.717, 1.165) is 0 Å². The van der Waals surface area contributed by atoms with Crippen LogP contribution in [0.15, 0.2) is 0 Å². The zero-order valence-electron chi connectivity index (χ0n) is 1.93. The summed E-state index contributed by atoms with van der Waals surface area (Å²) in [4.78, 5) is 0. The van der Waals surface area contributed by atoms with E-state index >= 15 is 0 Å². The van der Waals surface area contributed by atoms with Gasteiger partial charge < -0.3 is 0 Å². The third-order valence-electron chi connectivity index (χ3n) is 0. The van der Waals surface area contributed by atoms with Crippen LogP contribution in [0.1, 0.15) is 0 Å². The summed E-state index contributed by atoms with van der Waals surface area (Å²) in [7, 11) is 0. The van der Waals surface area contributed by atoms with Gasteiger partial charge in [-0.25, -0.2) is 0 Å². The van der Waals surface area contributed by atoms with Crippen molar-refractivity contribution in [1.82, 2.24) is 0 Å². The van der Waals surface area contributed by atoms with Crippen molar-refractivity contribution < 1.29 is 37.6 Å². The predicted molar refractivity (Wildman–Crippen MR) is 20.3 cm³/mol. The van der Waals surface area contributed by atoms with Crippen molar-refractivity contribution in [3.8, 4) is 0 Å². The first-order chi connectivity index (χ1) is 0. The van der Waals surface area contributed by atoms with E-state index in [9.17, 15) is 0 Å². The van der Waals surface area contributed by atoms with Crippen LogP contribution in [0.25, 0.3) is 0 Å². The standard InChI is InChI=1S/Bi.Mo.Ni.H2S.3H/h;;;1H2;;;. The van der Waals surface area contributed by atoms with Gasteiger partial charge in [0.05, 0.1) is 0 Å². The molecule has 0 aliphatic carbocycles. The zero-order chi connectivity index (χ0) is 0. The third kappa shape index (κ3) is 8.83. The number of hydrogen-bond acceptors (Lipinski definition) is 0. The van der Waals surface area contributed by atoms with Crippen molar-refractivity contribution in [3.05, 3.63) is 0 Å². The van der Waals surface area contributed by atoms with Gasteiger partial charge in [0, 0.05) is 37.6 Å². The minimum Gasteiger partial charge on any atom is 0 e. The quantitative estimate of drug-likeness (QED) is 0.454. The van der Waals surface area contributed by atoms with Gasteiger partial charge in [-0.1, -0.05) is 0 Å². The molecule has 0 aromatic rings. The normalized spacial score (nSPS) is 0. The van der Waals surface area contributed by atoms with Crippen LogP contribution in [-0.2, 0) is 37.6 Å². The van der Waals surface area contributed by atoms with E-state index in [0.29, 0.717) is 0 Å². The molecular formula is H5BiMoNiS. The second-order valence-corrected chi connectivity index (χ2v) is 0. The average Bonchev–Trinajstić information content (AvgIpc) is 0. The van der Waals surface area contributed by atoms with Gasteiger partial charge in [0.15, 0.2) is 0 Å². The molecule has 0 heterocycles. The van der Waals surface area contributed by atoms with Crippen molar-refractivity contribution in [3.63, 3.8) is 0 Å². The summed E-state index contributed by atoms with van der Waals surface area (Å²) in [5.41, 5.74) is 0. The molecule has 32 valence electrons. The molecule has 0 aliphatic heterocycles. The smallest absolute Gasteiger partial charge is 0 e. The van der Waals surface area contributed by atoms with E-state index in [-0.39, 0.29) is 77.3 Å². The number of hydrogen-bond donors (Lipinski definition) is 0. The summed E-state index contributed by atoms with van der Waals surface area (Å²) in [5, 5.41) is 0. The summed E-state index contributed by atoms with van der Waals surface area (Å²) in [5.74, 6) is 0. The maximum Gasteiger partial charge on any atom is 0 e. The molecule has 0 bridgehead atoms. The molecule has 0 unspecified atom stereocenters. The van der Waals surface area contributed by atoms with Crippen LogP contribution >= 0.6 is 13.5 Å². The fraction of sp³-hybridized carbons (Fsp3) is 0. The van der Waals surface area contributed by atoms with Crippen LogP contribution in [0, 0.1) is 0 Å². The van der Waals surface area contributed by atoms with Crippen molar-refractivity contribution >= 4 is 39.7 Å². The Morgan fingerprint density at radius 3 is 1.00 bits per heavy atom. The second kappa shape index (κ2) is 18.1. The second-order valence-electron chi connectivity index (χ2n) is 0. The van der Waals surface area contributed by atoms with Gasteiger partial charge >= 0.3 is 26.2 Å². The van der Waals surface area contributed by atoms with Gasteiger partial charge in [0.1, 0.15) is 0 Å². The molecule has 0 aromatic carbocycles. The Labute approximate surface area is 76.2 Å². The van der Waals surface area contributed by atoms with Gasteiger partial charge in [-0.2, -0.15) is 13.5 Å². The molecule has 0 N–H and O–H groups in total. The van der Waals surface area contributed by atoms with E-state index < -0.39 is 0 Å². The van der Waals surface area contributed by atoms with E-state index in [1.165, 1.54) is 0 Å². The molecule has 0 rings (SSSR count). The van der Waals surface area contributed by atoms with E-state index in [1.807, 2.05) is 0 Å². The van der Waals surface area contributed by atoms with Crippen LogP contribution in [0.2, 0.25) is 0 Å². The largest absolute Gasteiger partial charge is 0 e. The monoisotopic (exact) mass is 402 g/mol. The SMILES string of the molecule is S.[BiH3].[Mo].[Ni]. The Bertz CT molecular complexity index is 8.00. The fourth-order valence-electron chi connectivity index (χ4n) is 0.